The van der Waals surface area contributed by atoms with Crippen LogP contribution in [0.25, 0.3) is 0 Å². The topological polar surface area (TPSA) is 38.3 Å². The summed E-state index contributed by atoms with van der Waals surface area (Å²) in [4.78, 5) is 11.3. The van der Waals surface area contributed by atoms with Crippen molar-refractivity contribution in [3.05, 3.63) is 35.4 Å². The van der Waals surface area contributed by atoms with E-state index >= 15 is 0 Å². The van der Waals surface area contributed by atoms with Crippen LogP contribution in [0.5, 0.6) is 0 Å². The number of alkyl carbamates (subject to hydrolysis) is 1. The summed E-state index contributed by atoms with van der Waals surface area (Å²) >= 11 is 0. The molecule has 0 radical (unpaired) electrons. The molecular weight excluding hydrogens is 226 g/mol. The van der Waals surface area contributed by atoms with E-state index in [0.717, 1.165) is 12.0 Å². The highest BCUT2D eigenvalue weighted by Crippen LogP contribution is 2.10. The molecule has 1 rings (SSSR count). The average molecular weight is 249 g/mol. The Labute approximate surface area is 110 Å². The van der Waals surface area contributed by atoms with Crippen LogP contribution < -0.4 is 5.32 Å². The molecule has 3 heteroatoms. The van der Waals surface area contributed by atoms with Crippen LogP contribution in [0.1, 0.15) is 38.8 Å². The van der Waals surface area contributed by atoms with E-state index < -0.39 is 0 Å². The molecule has 3 nitrogen and oxygen atoms in total. The van der Waals surface area contributed by atoms with Gasteiger partial charge in [0.2, 0.25) is 0 Å². The second kappa shape index (κ2) is 7.04. The predicted octanol–water partition coefficient (Wildman–Crippen LogP) is 3.52. The highest BCUT2D eigenvalue weighted by Gasteiger charge is 2.04. The number of carbonyl (C=O) groups excluding carboxylic acids is 1. The Balaban J connectivity index is 2.41. The molecule has 0 aliphatic rings. The van der Waals surface area contributed by atoms with Gasteiger partial charge in [0, 0.05) is 6.04 Å². The summed E-state index contributed by atoms with van der Waals surface area (Å²) in [6.07, 6.45) is 0.714. The van der Waals surface area contributed by atoms with E-state index in [4.69, 9.17) is 4.74 Å². The Kier molecular flexibility index (Phi) is 5.69. The molecule has 1 aromatic rings. The first kappa shape index (κ1) is 14.6. The van der Waals surface area contributed by atoms with Crippen molar-refractivity contribution in [3.8, 4) is 0 Å². The minimum absolute atomic E-state index is 0.103. The standard InChI is InChI=1S/C15H23NO2/c1-11(2)9-13-5-7-14(8-6-13)10-18-15(17)16-12(3)4/h5-8,11-12H,9-10H2,1-4H3,(H,16,17). The fourth-order valence-electron chi connectivity index (χ4n) is 1.67. The van der Waals surface area contributed by atoms with Crippen LogP contribution in [0.4, 0.5) is 4.79 Å². The maximum Gasteiger partial charge on any atom is 0.407 e. The van der Waals surface area contributed by atoms with Crippen molar-refractivity contribution in [2.24, 2.45) is 5.92 Å². The molecule has 0 unspecified atom stereocenters. The van der Waals surface area contributed by atoms with E-state index in [-0.39, 0.29) is 12.1 Å². The molecule has 1 N–H and O–H groups in total. The van der Waals surface area contributed by atoms with E-state index in [1.165, 1.54) is 5.56 Å². The lowest BCUT2D eigenvalue weighted by atomic mass is 10.0. The van der Waals surface area contributed by atoms with E-state index in [9.17, 15) is 4.79 Å². The number of carbonyl (C=O) groups is 1. The molecule has 0 aromatic heterocycles. The first-order chi connectivity index (χ1) is 8.47. The zero-order valence-electron chi connectivity index (χ0n) is 11.7. The van der Waals surface area contributed by atoms with Crippen molar-refractivity contribution in [2.45, 2.75) is 46.8 Å². The van der Waals surface area contributed by atoms with Gasteiger partial charge in [-0.25, -0.2) is 4.79 Å². The number of rotatable bonds is 5. The minimum atomic E-state index is -0.365. The van der Waals surface area contributed by atoms with Crippen LogP contribution in [0, 0.1) is 5.92 Å². The maximum atomic E-state index is 11.3. The molecule has 0 bridgehead atoms. The molecule has 1 aromatic carbocycles. The summed E-state index contributed by atoms with van der Waals surface area (Å²) in [7, 11) is 0. The largest absolute Gasteiger partial charge is 0.445 e. The third-order valence-corrected chi connectivity index (χ3v) is 2.44. The number of benzene rings is 1. The van der Waals surface area contributed by atoms with Gasteiger partial charge in [-0.05, 0) is 37.3 Å². The molecule has 0 saturated carbocycles. The van der Waals surface area contributed by atoms with Crippen LogP contribution in [0.2, 0.25) is 0 Å². The van der Waals surface area contributed by atoms with Gasteiger partial charge in [0.1, 0.15) is 6.61 Å². The third-order valence-electron chi connectivity index (χ3n) is 2.44. The van der Waals surface area contributed by atoms with Crippen molar-refractivity contribution in [1.82, 2.24) is 5.32 Å². The summed E-state index contributed by atoms with van der Waals surface area (Å²) < 4.78 is 5.11. The van der Waals surface area contributed by atoms with Crippen molar-refractivity contribution < 1.29 is 9.53 Å². The zero-order chi connectivity index (χ0) is 13.5. The van der Waals surface area contributed by atoms with E-state index in [0.29, 0.717) is 12.5 Å². The predicted molar refractivity (Wildman–Crippen MR) is 73.4 cm³/mol. The van der Waals surface area contributed by atoms with E-state index in [1.807, 2.05) is 26.0 Å². The lowest BCUT2D eigenvalue weighted by molar-refractivity contribution is 0.137. The molecular formula is C15H23NO2. The van der Waals surface area contributed by atoms with Gasteiger partial charge in [-0.3, -0.25) is 0 Å². The van der Waals surface area contributed by atoms with Crippen LogP contribution >= 0.6 is 0 Å². The summed E-state index contributed by atoms with van der Waals surface area (Å²) in [6, 6.07) is 8.32. The molecule has 0 saturated heterocycles. The Hall–Kier alpha value is -1.51. The lowest BCUT2D eigenvalue weighted by Gasteiger charge is -2.10. The van der Waals surface area contributed by atoms with Crippen LogP contribution in [-0.4, -0.2) is 12.1 Å². The molecule has 0 heterocycles. The highest BCUT2D eigenvalue weighted by molar-refractivity contribution is 5.67. The van der Waals surface area contributed by atoms with Crippen molar-refractivity contribution >= 4 is 6.09 Å². The van der Waals surface area contributed by atoms with Gasteiger partial charge in [-0.15, -0.1) is 0 Å². The van der Waals surface area contributed by atoms with Crippen LogP contribution in [0.3, 0.4) is 0 Å². The molecule has 0 spiro atoms. The monoisotopic (exact) mass is 249 g/mol. The Morgan fingerprint density at radius 1 is 1.11 bits per heavy atom. The van der Waals surface area contributed by atoms with Gasteiger partial charge < -0.3 is 10.1 Å². The Bertz CT molecular complexity index is 369. The minimum Gasteiger partial charge on any atom is -0.445 e. The highest BCUT2D eigenvalue weighted by atomic mass is 16.5. The summed E-state index contributed by atoms with van der Waals surface area (Å²) in [5.41, 5.74) is 2.33. The molecule has 0 fully saturated rings. The van der Waals surface area contributed by atoms with Gasteiger partial charge in [0.05, 0.1) is 0 Å². The molecule has 0 atom stereocenters. The number of hydrogen-bond donors (Lipinski definition) is 1. The van der Waals surface area contributed by atoms with Crippen molar-refractivity contribution in [3.63, 3.8) is 0 Å². The molecule has 18 heavy (non-hydrogen) atoms. The molecule has 100 valence electrons. The second-order valence-electron chi connectivity index (χ2n) is 5.29. The Morgan fingerprint density at radius 3 is 2.17 bits per heavy atom. The van der Waals surface area contributed by atoms with Crippen LogP contribution in [0.15, 0.2) is 24.3 Å². The van der Waals surface area contributed by atoms with Gasteiger partial charge >= 0.3 is 6.09 Å². The maximum absolute atomic E-state index is 11.3. The molecule has 0 aliphatic heterocycles. The lowest BCUT2D eigenvalue weighted by Crippen LogP contribution is -2.30. The molecule has 1 amide bonds. The first-order valence-corrected chi connectivity index (χ1v) is 6.48. The second-order valence-corrected chi connectivity index (χ2v) is 5.29. The third kappa shape index (κ3) is 5.71. The molecule has 0 aliphatic carbocycles. The van der Waals surface area contributed by atoms with E-state index in [1.54, 1.807) is 0 Å². The van der Waals surface area contributed by atoms with Gasteiger partial charge in [0.15, 0.2) is 0 Å². The van der Waals surface area contributed by atoms with Gasteiger partial charge in [0.25, 0.3) is 0 Å². The normalized spacial score (nSPS) is 10.8. The summed E-state index contributed by atoms with van der Waals surface area (Å²) in [5.74, 6) is 0.656. The fraction of sp³-hybridized carbons (Fsp3) is 0.533. The summed E-state index contributed by atoms with van der Waals surface area (Å²) in [6.45, 7) is 8.53. The van der Waals surface area contributed by atoms with Gasteiger partial charge in [-0.2, -0.15) is 0 Å². The van der Waals surface area contributed by atoms with Gasteiger partial charge in [-0.1, -0.05) is 38.1 Å². The summed E-state index contributed by atoms with van der Waals surface area (Å²) in [5, 5.41) is 2.69. The van der Waals surface area contributed by atoms with E-state index in [2.05, 4.69) is 31.3 Å². The SMILES string of the molecule is CC(C)Cc1ccc(COC(=O)NC(C)C)cc1. The fourth-order valence-corrected chi connectivity index (χ4v) is 1.67. The van der Waals surface area contributed by atoms with Crippen LogP contribution in [-0.2, 0) is 17.8 Å². The number of ether oxygens (including phenoxy) is 1. The average Bonchev–Trinajstić information content (AvgIpc) is 2.26. The smallest absolute Gasteiger partial charge is 0.407 e. The van der Waals surface area contributed by atoms with Crippen molar-refractivity contribution in [2.75, 3.05) is 0 Å². The first-order valence-electron chi connectivity index (χ1n) is 6.48. The zero-order valence-corrected chi connectivity index (χ0v) is 11.7. The quantitative estimate of drug-likeness (QED) is 0.867. The number of hydrogen-bond acceptors (Lipinski definition) is 2. The Morgan fingerprint density at radius 2 is 1.67 bits per heavy atom. The number of amides is 1. The van der Waals surface area contributed by atoms with Crippen molar-refractivity contribution in [1.29, 1.82) is 0 Å². The number of nitrogens with one attached hydrogen (secondary N) is 1.